The molecule has 0 bridgehead atoms. The summed E-state index contributed by atoms with van der Waals surface area (Å²) >= 11 is 0. The van der Waals surface area contributed by atoms with Crippen LogP contribution >= 0.6 is 0 Å². The zero-order chi connectivity index (χ0) is 20.1. The van der Waals surface area contributed by atoms with Crippen molar-refractivity contribution in [2.45, 2.75) is 13.2 Å². The number of para-hydroxylation sites is 1. The molecular formula is C18H16F2N4O4. The Bertz CT molecular complexity index is 978. The minimum atomic E-state index is -2.97. The molecule has 146 valence electrons. The van der Waals surface area contributed by atoms with E-state index < -0.39 is 12.5 Å². The maximum Gasteiger partial charge on any atom is 0.387 e. The van der Waals surface area contributed by atoms with Crippen LogP contribution in [-0.2, 0) is 6.54 Å². The fourth-order valence-electron chi connectivity index (χ4n) is 2.47. The molecule has 0 unspecified atom stereocenters. The maximum absolute atomic E-state index is 12.4. The third-order valence-electron chi connectivity index (χ3n) is 3.73. The van der Waals surface area contributed by atoms with Gasteiger partial charge >= 0.3 is 6.61 Å². The number of methoxy groups -OCH3 is 1. The third-order valence-corrected chi connectivity index (χ3v) is 3.73. The summed E-state index contributed by atoms with van der Waals surface area (Å²) in [5.74, 6) is -0.0668. The number of primary amides is 1. The van der Waals surface area contributed by atoms with Crippen LogP contribution < -0.4 is 20.5 Å². The van der Waals surface area contributed by atoms with E-state index >= 15 is 0 Å². The molecule has 0 saturated heterocycles. The second-order valence-corrected chi connectivity index (χ2v) is 5.52. The number of carbonyl (C=O) groups is 1. The van der Waals surface area contributed by atoms with E-state index in [1.165, 1.54) is 25.3 Å². The van der Waals surface area contributed by atoms with Gasteiger partial charge in [0.2, 0.25) is 11.7 Å². The molecule has 0 saturated carbocycles. The molecule has 0 atom stereocenters. The molecule has 0 aliphatic carbocycles. The first-order valence-corrected chi connectivity index (χ1v) is 8.06. The molecule has 2 aromatic carbocycles. The number of rotatable bonds is 8. The average Bonchev–Trinajstić information content (AvgIpc) is 3.15. The quantitative estimate of drug-likeness (QED) is 0.608. The van der Waals surface area contributed by atoms with Crippen LogP contribution in [0.2, 0.25) is 0 Å². The number of carbonyl (C=O) groups excluding carboxylic acids is 1. The normalized spacial score (nSPS) is 10.7. The summed E-state index contributed by atoms with van der Waals surface area (Å²) in [6.45, 7) is -2.81. The number of alkyl halides is 2. The van der Waals surface area contributed by atoms with Gasteiger partial charge in [-0.3, -0.25) is 4.79 Å². The van der Waals surface area contributed by atoms with Gasteiger partial charge in [-0.25, -0.2) is 0 Å². The summed E-state index contributed by atoms with van der Waals surface area (Å²) in [7, 11) is 1.33. The van der Waals surface area contributed by atoms with Crippen molar-refractivity contribution >= 4 is 11.6 Å². The lowest BCUT2D eigenvalue weighted by Gasteiger charge is -2.10. The first kappa shape index (κ1) is 19.1. The van der Waals surface area contributed by atoms with Gasteiger partial charge in [0.15, 0.2) is 11.5 Å². The Morgan fingerprint density at radius 1 is 1.25 bits per heavy atom. The molecule has 0 aliphatic rings. The van der Waals surface area contributed by atoms with Crippen LogP contribution in [0.25, 0.3) is 11.4 Å². The van der Waals surface area contributed by atoms with Gasteiger partial charge < -0.3 is 25.0 Å². The van der Waals surface area contributed by atoms with E-state index in [-0.39, 0.29) is 29.8 Å². The molecule has 3 rings (SSSR count). The molecule has 1 heterocycles. The van der Waals surface area contributed by atoms with Crippen molar-refractivity contribution in [2.75, 3.05) is 12.4 Å². The van der Waals surface area contributed by atoms with Crippen molar-refractivity contribution in [2.24, 2.45) is 5.73 Å². The molecule has 28 heavy (non-hydrogen) atoms. The Morgan fingerprint density at radius 2 is 2.04 bits per heavy atom. The number of benzene rings is 2. The highest BCUT2D eigenvalue weighted by Gasteiger charge is 2.15. The summed E-state index contributed by atoms with van der Waals surface area (Å²) < 4.78 is 39.4. The van der Waals surface area contributed by atoms with Crippen molar-refractivity contribution in [1.29, 1.82) is 0 Å². The number of amides is 1. The van der Waals surface area contributed by atoms with E-state index in [9.17, 15) is 13.6 Å². The predicted molar refractivity (Wildman–Crippen MR) is 95.2 cm³/mol. The van der Waals surface area contributed by atoms with Gasteiger partial charge in [0, 0.05) is 11.3 Å². The Morgan fingerprint density at radius 3 is 2.75 bits per heavy atom. The molecule has 0 fully saturated rings. The first-order valence-electron chi connectivity index (χ1n) is 8.06. The Kier molecular flexibility index (Phi) is 5.68. The van der Waals surface area contributed by atoms with Gasteiger partial charge in [0.25, 0.3) is 5.91 Å². The van der Waals surface area contributed by atoms with Gasteiger partial charge in [-0.15, -0.1) is 0 Å². The second kappa shape index (κ2) is 8.33. The SMILES string of the molecule is COc1cc(-c2noc(CNc3ccccc3C(N)=O)n2)ccc1OC(F)F. The summed E-state index contributed by atoms with van der Waals surface area (Å²) in [6, 6.07) is 11.0. The van der Waals surface area contributed by atoms with Crippen LogP contribution in [0.5, 0.6) is 11.5 Å². The van der Waals surface area contributed by atoms with Crippen LogP contribution in [0, 0.1) is 0 Å². The molecule has 10 heteroatoms. The molecule has 0 spiro atoms. The number of aromatic nitrogens is 2. The van der Waals surface area contributed by atoms with Crippen LogP contribution in [0.1, 0.15) is 16.2 Å². The van der Waals surface area contributed by atoms with E-state index in [1.807, 2.05) is 0 Å². The smallest absolute Gasteiger partial charge is 0.387 e. The van der Waals surface area contributed by atoms with Crippen LogP contribution in [0.4, 0.5) is 14.5 Å². The molecule has 3 aromatic rings. The first-order chi connectivity index (χ1) is 13.5. The molecule has 1 amide bonds. The number of nitrogens with zero attached hydrogens (tertiary/aromatic N) is 2. The average molecular weight is 390 g/mol. The minimum absolute atomic E-state index is 0.102. The second-order valence-electron chi connectivity index (χ2n) is 5.52. The van der Waals surface area contributed by atoms with E-state index in [2.05, 4.69) is 20.2 Å². The van der Waals surface area contributed by atoms with Gasteiger partial charge in [0.05, 0.1) is 19.2 Å². The highest BCUT2D eigenvalue weighted by atomic mass is 19.3. The lowest BCUT2D eigenvalue weighted by molar-refractivity contribution is -0.0512. The predicted octanol–water partition coefficient (Wildman–Crippen LogP) is 3.06. The van der Waals surface area contributed by atoms with Gasteiger partial charge in [-0.2, -0.15) is 13.8 Å². The maximum atomic E-state index is 12.4. The summed E-state index contributed by atoms with van der Waals surface area (Å²) in [6.07, 6.45) is 0. The zero-order valence-electron chi connectivity index (χ0n) is 14.7. The Balaban J connectivity index is 1.75. The lowest BCUT2D eigenvalue weighted by Crippen LogP contribution is -2.14. The number of anilines is 1. The van der Waals surface area contributed by atoms with Gasteiger partial charge in [-0.05, 0) is 30.3 Å². The van der Waals surface area contributed by atoms with Crippen molar-refractivity contribution in [3.63, 3.8) is 0 Å². The topological polar surface area (TPSA) is 112 Å². The monoisotopic (exact) mass is 390 g/mol. The summed E-state index contributed by atoms with van der Waals surface area (Å²) in [5, 5.41) is 6.86. The van der Waals surface area contributed by atoms with Crippen molar-refractivity contribution in [1.82, 2.24) is 10.1 Å². The number of halogens is 2. The number of hydrogen-bond acceptors (Lipinski definition) is 7. The number of hydrogen-bond donors (Lipinski definition) is 2. The standard InChI is InChI=1S/C18H16F2N4O4/c1-26-14-8-10(6-7-13(14)27-18(19)20)17-23-15(28-24-17)9-22-12-5-3-2-4-11(12)16(21)25/h2-8,18,22H,9H2,1H3,(H2,21,25). The Hall–Kier alpha value is -3.69. The highest BCUT2D eigenvalue weighted by molar-refractivity contribution is 5.98. The van der Waals surface area contributed by atoms with Crippen LogP contribution in [0.3, 0.4) is 0 Å². The Labute approximate surface area is 158 Å². The zero-order valence-corrected chi connectivity index (χ0v) is 14.7. The van der Waals surface area contributed by atoms with Crippen LogP contribution in [-0.4, -0.2) is 29.8 Å². The molecule has 1 aromatic heterocycles. The number of ether oxygens (including phenoxy) is 2. The number of nitrogens with two attached hydrogens (primary N) is 1. The fraction of sp³-hybridized carbons (Fsp3) is 0.167. The molecular weight excluding hydrogens is 374 g/mol. The van der Waals surface area contributed by atoms with Gasteiger partial charge in [-0.1, -0.05) is 17.3 Å². The molecule has 0 radical (unpaired) electrons. The number of nitrogens with one attached hydrogen (secondary N) is 1. The molecule has 8 nitrogen and oxygen atoms in total. The summed E-state index contributed by atoms with van der Waals surface area (Å²) in [4.78, 5) is 15.7. The molecule has 3 N–H and O–H groups in total. The minimum Gasteiger partial charge on any atom is -0.493 e. The largest absolute Gasteiger partial charge is 0.493 e. The van der Waals surface area contributed by atoms with Crippen molar-refractivity contribution in [3.8, 4) is 22.9 Å². The van der Waals surface area contributed by atoms with E-state index in [4.69, 9.17) is 15.0 Å². The highest BCUT2D eigenvalue weighted by Crippen LogP contribution is 2.32. The van der Waals surface area contributed by atoms with E-state index in [0.29, 0.717) is 16.8 Å². The van der Waals surface area contributed by atoms with E-state index in [0.717, 1.165) is 0 Å². The molecule has 0 aliphatic heterocycles. The fourth-order valence-corrected chi connectivity index (χ4v) is 2.47. The third kappa shape index (κ3) is 4.34. The summed E-state index contributed by atoms with van der Waals surface area (Å²) in [5.41, 5.74) is 6.69. The lowest BCUT2D eigenvalue weighted by atomic mass is 10.1. The van der Waals surface area contributed by atoms with Crippen LogP contribution in [0.15, 0.2) is 47.0 Å². The van der Waals surface area contributed by atoms with Gasteiger partial charge in [0.1, 0.15) is 0 Å². The van der Waals surface area contributed by atoms with Crippen molar-refractivity contribution < 1.29 is 27.6 Å². The van der Waals surface area contributed by atoms with Crippen molar-refractivity contribution in [3.05, 3.63) is 53.9 Å². The van der Waals surface area contributed by atoms with E-state index in [1.54, 1.807) is 24.3 Å².